The number of carbonyl (C=O) groups excluding carboxylic acids is 1. The first-order chi connectivity index (χ1) is 10.1. The third-order valence-electron chi connectivity index (χ3n) is 4.68. The van der Waals surface area contributed by atoms with Gasteiger partial charge >= 0.3 is 0 Å². The lowest BCUT2D eigenvalue weighted by Crippen LogP contribution is -2.39. The molecule has 1 aliphatic heterocycles. The highest BCUT2D eigenvalue weighted by Crippen LogP contribution is 2.50. The number of carbonyl (C=O) groups is 1. The molecule has 112 valence electrons. The molecular weight excluding hydrogens is 268 g/mol. The summed E-state index contributed by atoms with van der Waals surface area (Å²) >= 11 is 0. The molecule has 21 heavy (non-hydrogen) atoms. The largest absolute Gasteiger partial charge is 0.342 e. The van der Waals surface area contributed by atoms with Gasteiger partial charge in [-0.2, -0.15) is 0 Å². The molecule has 1 saturated heterocycles. The molecular formula is C16H20N2O3. The number of amides is 1. The molecule has 0 spiro atoms. The molecule has 0 N–H and O–H groups in total. The molecule has 1 heterocycles. The van der Waals surface area contributed by atoms with Crippen molar-refractivity contribution in [2.75, 3.05) is 13.1 Å². The summed E-state index contributed by atoms with van der Waals surface area (Å²) in [5.74, 6) is 0.221. The summed E-state index contributed by atoms with van der Waals surface area (Å²) in [6.07, 6.45) is 6.30. The highest BCUT2D eigenvalue weighted by Gasteiger charge is 2.52. The Morgan fingerprint density at radius 3 is 2.10 bits per heavy atom. The van der Waals surface area contributed by atoms with Crippen LogP contribution >= 0.6 is 0 Å². The van der Waals surface area contributed by atoms with Gasteiger partial charge in [0.05, 0.1) is 10.3 Å². The maximum absolute atomic E-state index is 12.8. The van der Waals surface area contributed by atoms with Crippen LogP contribution in [0.2, 0.25) is 0 Å². The second-order valence-corrected chi connectivity index (χ2v) is 6.09. The van der Waals surface area contributed by atoms with Crippen LogP contribution in [0.15, 0.2) is 24.3 Å². The number of hydrogen-bond donors (Lipinski definition) is 0. The molecule has 5 heteroatoms. The quantitative estimate of drug-likeness (QED) is 0.634. The van der Waals surface area contributed by atoms with Crippen molar-refractivity contribution >= 4 is 11.6 Å². The Hall–Kier alpha value is -1.91. The molecule has 1 aromatic rings. The van der Waals surface area contributed by atoms with E-state index in [4.69, 9.17) is 0 Å². The highest BCUT2D eigenvalue weighted by molar-refractivity contribution is 5.91. The number of nitro groups is 1. The van der Waals surface area contributed by atoms with Crippen molar-refractivity contribution in [2.24, 2.45) is 0 Å². The van der Waals surface area contributed by atoms with Gasteiger partial charge in [0.2, 0.25) is 5.91 Å². The van der Waals surface area contributed by atoms with Gasteiger partial charge in [-0.3, -0.25) is 14.9 Å². The SMILES string of the molecule is O=C(N1CCCCCC1)C1(c2ccc([N+](=O)[O-])cc2)CC1. The van der Waals surface area contributed by atoms with Gasteiger partial charge in [-0.1, -0.05) is 25.0 Å². The molecule has 1 saturated carbocycles. The summed E-state index contributed by atoms with van der Waals surface area (Å²) in [7, 11) is 0. The molecule has 1 aromatic carbocycles. The first-order valence-electron chi connectivity index (χ1n) is 7.68. The minimum Gasteiger partial charge on any atom is -0.342 e. The first-order valence-corrected chi connectivity index (χ1v) is 7.68. The van der Waals surface area contributed by atoms with Crippen LogP contribution < -0.4 is 0 Å². The molecule has 0 bridgehead atoms. The van der Waals surface area contributed by atoms with E-state index in [0.717, 1.165) is 44.3 Å². The first kappa shape index (κ1) is 14.0. The minimum absolute atomic E-state index is 0.0803. The van der Waals surface area contributed by atoms with E-state index in [9.17, 15) is 14.9 Å². The second kappa shape index (κ2) is 5.47. The van der Waals surface area contributed by atoms with Crippen LogP contribution in [-0.2, 0) is 10.2 Å². The van der Waals surface area contributed by atoms with Crippen molar-refractivity contribution in [3.8, 4) is 0 Å². The molecule has 1 aliphatic carbocycles. The van der Waals surface area contributed by atoms with Crippen LogP contribution in [0.1, 0.15) is 44.1 Å². The molecule has 1 amide bonds. The predicted molar refractivity (Wildman–Crippen MR) is 79.1 cm³/mol. The molecule has 2 aliphatic rings. The molecule has 0 atom stereocenters. The minimum atomic E-state index is -0.403. The normalized spacial score (nSPS) is 20.7. The molecule has 5 nitrogen and oxygen atoms in total. The zero-order chi connectivity index (χ0) is 14.9. The van der Waals surface area contributed by atoms with Crippen molar-refractivity contribution in [2.45, 2.75) is 43.9 Å². The smallest absolute Gasteiger partial charge is 0.269 e. The zero-order valence-electron chi connectivity index (χ0n) is 12.1. The number of benzene rings is 1. The van der Waals surface area contributed by atoms with E-state index in [-0.39, 0.29) is 11.6 Å². The summed E-state index contributed by atoms with van der Waals surface area (Å²) < 4.78 is 0. The number of hydrogen-bond acceptors (Lipinski definition) is 3. The Bertz CT molecular complexity index is 541. The van der Waals surface area contributed by atoms with Gasteiger partial charge in [-0.05, 0) is 31.2 Å². The maximum Gasteiger partial charge on any atom is 0.269 e. The fraction of sp³-hybridized carbons (Fsp3) is 0.562. The van der Waals surface area contributed by atoms with Gasteiger partial charge in [-0.25, -0.2) is 0 Å². The standard InChI is InChI=1S/C16H20N2O3/c19-15(17-11-3-1-2-4-12-17)16(9-10-16)13-5-7-14(8-6-13)18(20)21/h5-8H,1-4,9-12H2. The monoisotopic (exact) mass is 288 g/mol. The topological polar surface area (TPSA) is 63.5 Å². The Kier molecular flexibility index (Phi) is 3.66. The van der Waals surface area contributed by atoms with Crippen LogP contribution in [0.3, 0.4) is 0 Å². The zero-order valence-corrected chi connectivity index (χ0v) is 12.1. The van der Waals surface area contributed by atoms with Crippen LogP contribution in [0, 0.1) is 10.1 Å². The maximum atomic E-state index is 12.8. The number of likely N-dealkylation sites (tertiary alicyclic amines) is 1. The lowest BCUT2D eigenvalue weighted by atomic mass is 9.94. The van der Waals surface area contributed by atoms with Crippen molar-refractivity contribution < 1.29 is 9.72 Å². The Morgan fingerprint density at radius 2 is 1.62 bits per heavy atom. The molecule has 2 fully saturated rings. The molecule has 0 unspecified atom stereocenters. The Balaban J connectivity index is 1.79. The predicted octanol–water partition coefficient (Wildman–Crippen LogP) is 3.03. The van der Waals surface area contributed by atoms with Crippen molar-refractivity contribution in [3.63, 3.8) is 0 Å². The lowest BCUT2D eigenvalue weighted by Gasteiger charge is -2.26. The van der Waals surface area contributed by atoms with E-state index in [1.165, 1.54) is 25.0 Å². The van der Waals surface area contributed by atoms with Gasteiger partial charge in [0.25, 0.3) is 5.69 Å². The van der Waals surface area contributed by atoms with Crippen molar-refractivity contribution in [1.82, 2.24) is 4.90 Å². The van der Waals surface area contributed by atoms with E-state index in [2.05, 4.69) is 0 Å². The number of rotatable bonds is 3. The average Bonchev–Trinajstić information content (AvgIpc) is 3.31. The molecule has 0 aromatic heterocycles. The van der Waals surface area contributed by atoms with Crippen LogP contribution in [-0.4, -0.2) is 28.8 Å². The molecule has 0 radical (unpaired) electrons. The van der Waals surface area contributed by atoms with Gasteiger partial charge in [-0.15, -0.1) is 0 Å². The average molecular weight is 288 g/mol. The second-order valence-electron chi connectivity index (χ2n) is 6.09. The van der Waals surface area contributed by atoms with Crippen LogP contribution in [0.5, 0.6) is 0 Å². The van der Waals surface area contributed by atoms with Crippen molar-refractivity contribution in [1.29, 1.82) is 0 Å². The van der Waals surface area contributed by atoms with E-state index in [0.29, 0.717) is 0 Å². The number of non-ortho nitro benzene ring substituents is 1. The Labute approximate surface area is 124 Å². The summed E-state index contributed by atoms with van der Waals surface area (Å²) in [5, 5.41) is 10.7. The van der Waals surface area contributed by atoms with E-state index in [1.807, 2.05) is 4.90 Å². The van der Waals surface area contributed by atoms with Crippen molar-refractivity contribution in [3.05, 3.63) is 39.9 Å². The lowest BCUT2D eigenvalue weighted by molar-refractivity contribution is -0.384. The van der Waals surface area contributed by atoms with Gasteiger partial charge in [0, 0.05) is 25.2 Å². The molecule has 3 rings (SSSR count). The van der Waals surface area contributed by atoms with E-state index in [1.54, 1.807) is 12.1 Å². The highest BCUT2D eigenvalue weighted by atomic mass is 16.6. The fourth-order valence-corrected chi connectivity index (χ4v) is 3.23. The van der Waals surface area contributed by atoms with Gasteiger partial charge in [0.1, 0.15) is 0 Å². The van der Waals surface area contributed by atoms with Gasteiger partial charge in [0.15, 0.2) is 0 Å². The summed E-state index contributed by atoms with van der Waals surface area (Å²) in [6, 6.07) is 6.51. The third-order valence-corrected chi connectivity index (χ3v) is 4.68. The summed E-state index contributed by atoms with van der Waals surface area (Å²) in [5.41, 5.74) is 0.610. The summed E-state index contributed by atoms with van der Waals surface area (Å²) in [6.45, 7) is 1.71. The van der Waals surface area contributed by atoms with Crippen LogP contribution in [0.25, 0.3) is 0 Å². The number of nitro benzene ring substituents is 1. The van der Waals surface area contributed by atoms with Crippen LogP contribution in [0.4, 0.5) is 5.69 Å². The fourth-order valence-electron chi connectivity index (χ4n) is 3.23. The van der Waals surface area contributed by atoms with Gasteiger partial charge < -0.3 is 4.90 Å². The van der Waals surface area contributed by atoms with E-state index < -0.39 is 10.3 Å². The summed E-state index contributed by atoms with van der Waals surface area (Å²) in [4.78, 5) is 25.2. The van der Waals surface area contributed by atoms with E-state index >= 15 is 0 Å². The Morgan fingerprint density at radius 1 is 1.05 bits per heavy atom. The number of nitrogens with zero attached hydrogens (tertiary/aromatic N) is 2. The third kappa shape index (κ3) is 2.64.